The molecular formula is C12H17NO2. The van der Waals surface area contributed by atoms with E-state index >= 15 is 0 Å². The molecule has 2 atom stereocenters. The highest BCUT2D eigenvalue weighted by Gasteiger charge is 2.63. The smallest absolute Gasteiger partial charge is 0.411 e. The lowest BCUT2D eigenvalue weighted by Gasteiger charge is -2.28. The van der Waals surface area contributed by atoms with Crippen LogP contribution in [-0.2, 0) is 4.74 Å². The van der Waals surface area contributed by atoms with E-state index in [-0.39, 0.29) is 11.6 Å². The van der Waals surface area contributed by atoms with Gasteiger partial charge in [0.15, 0.2) is 0 Å². The third-order valence-electron chi connectivity index (χ3n) is 3.12. The highest BCUT2D eigenvalue weighted by molar-refractivity contribution is 5.72. The van der Waals surface area contributed by atoms with Gasteiger partial charge in [-0.3, -0.25) is 4.90 Å². The summed E-state index contributed by atoms with van der Waals surface area (Å²) in [4.78, 5) is 13.6. The van der Waals surface area contributed by atoms with E-state index in [2.05, 4.69) is 5.92 Å². The van der Waals surface area contributed by atoms with Gasteiger partial charge in [-0.15, -0.1) is 6.42 Å². The number of amides is 1. The van der Waals surface area contributed by atoms with Crippen LogP contribution >= 0.6 is 0 Å². The van der Waals surface area contributed by atoms with Gasteiger partial charge in [0.25, 0.3) is 0 Å². The molecule has 1 saturated heterocycles. The van der Waals surface area contributed by atoms with Gasteiger partial charge in [-0.05, 0) is 39.5 Å². The third-order valence-corrected chi connectivity index (χ3v) is 3.12. The van der Waals surface area contributed by atoms with Gasteiger partial charge in [-0.25, -0.2) is 4.79 Å². The Labute approximate surface area is 90.8 Å². The molecule has 1 saturated carbocycles. The van der Waals surface area contributed by atoms with Gasteiger partial charge in [-0.2, -0.15) is 0 Å². The van der Waals surface area contributed by atoms with E-state index in [0.29, 0.717) is 5.92 Å². The minimum absolute atomic E-state index is 0.263. The molecule has 3 nitrogen and oxygen atoms in total. The molecular weight excluding hydrogens is 190 g/mol. The molecule has 2 rings (SSSR count). The van der Waals surface area contributed by atoms with Crippen LogP contribution in [0.1, 0.15) is 33.6 Å². The summed E-state index contributed by atoms with van der Waals surface area (Å²) in [5.74, 6) is 3.27. The second kappa shape index (κ2) is 2.91. The van der Waals surface area contributed by atoms with Gasteiger partial charge >= 0.3 is 6.09 Å². The SMILES string of the molecule is C#CC12CC1CCN2C(=O)OC(C)(C)C. The number of likely N-dealkylation sites (tertiary alicyclic amines) is 1. The van der Waals surface area contributed by atoms with Crippen LogP contribution in [0.3, 0.4) is 0 Å². The predicted octanol–water partition coefficient (Wildman–Crippen LogP) is 2.02. The lowest BCUT2D eigenvalue weighted by atomic mass is 10.2. The monoisotopic (exact) mass is 207 g/mol. The number of hydrogen-bond acceptors (Lipinski definition) is 2. The zero-order chi connectivity index (χ0) is 11.3. The standard InChI is InChI=1S/C12H17NO2/c1-5-12-8-9(12)6-7-13(12)10(14)15-11(2,3)4/h1,9H,6-8H2,2-4H3. The van der Waals surface area contributed by atoms with Crippen molar-refractivity contribution in [2.24, 2.45) is 5.92 Å². The Hall–Kier alpha value is -1.17. The molecule has 1 heterocycles. The van der Waals surface area contributed by atoms with Crippen molar-refractivity contribution in [2.45, 2.75) is 44.8 Å². The van der Waals surface area contributed by atoms with Crippen molar-refractivity contribution >= 4 is 6.09 Å². The number of hydrogen-bond donors (Lipinski definition) is 0. The molecule has 0 aromatic carbocycles. The van der Waals surface area contributed by atoms with Crippen LogP contribution in [0.15, 0.2) is 0 Å². The summed E-state index contributed by atoms with van der Waals surface area (Å²) in [5.41, 5.74) is -0.748. The zero-order valence-corrected chi connectivity index (χ0v) is 9.54. The van der Waals surface area contributed by atoms with E-state index in [1.807, 2.05) is 20.8 Å². The van der Waals surface area contributed by atoms with Crippen LogP contribution in [0.2, 0.25) is 0 Å². The third kappa shape index (κ3) is 1.58. The number of piperidine rings is 1. The minimum atomic E-state index is -0.445. The largest absolute Gasteiger partial charge is 0.444 e. The maximum absolute atomic E-state index is 11.9. The van der Waals surface area contributed by atoms with Crippen LogP contribution in [0.25, 0.3) is 0 Å². The average Bonchev–Trinajstić information content (AvgIpc) is 2.70. The van der Waals surface area contributed by atoms with E-state index in [1.54, 1.807) is 4.90 Å². The molecule has 0 radical (unpaired) electrons. The van der Waals surface area contributed by atoms with Crippen molar-refractivity contribution in [1.82, 2.24) is 4.90 Å². The quantitative estimate of drug-likeness (QED) is 0.569. The molecule has 3 heteroatoms. The number of carbonyl (C=O) groups is 1. The molecule has 0 spiro atoms. The van der Waals surface area contributed by atoms with Crippen molar-refractivity contribution in [1.29, 1.82) is 0 Å². The second-order valence-electron chi connectivity index (χ2n) is 5.39. The normalized spacial score (nSPS) is 33.2. The summed E-state index contributed by atoms with van der Waals surface area (Å²) < 4.78 is 5.34. The topological polar surface area (TPSA) is 29.5 Å². The molecule has 0 bridgehead atoms. The van der Waals surface area contributed by atoms with Crippen molar-refractivity contribution in [3.05, 3.63) is 0 Å². The van der Waals surface area contributed by atoms with Crippen molar-refractivity contribution in [3.63, 3.8) is 0 Å². The summed E-state index contributed by atoms with van der Waals surface area (Å²) >= 11 is 0. The fourth-order valence-electron chi connectivity index (χ4n) is 2.30. The molecule has 1 aliphatic carbocycles. The van der Waals surface area contributed by atoms with Crippen LogP contribution in [0.4, 0.5) is 4.79 Å². The first kappa shape index (κ1) is 10.4. The number of nitrogens with zero attached hydrogens (tertiary/aromatic N) is 1. The maximum Gasteiger partial charge on any atom is 0.411 e. The Morgan fingerprint density at radius 2 is 2.27 bits per heavy atom. The molecule has 15 heavy (non-hydrogen) atoms. The van der Waals surface area contributed by atoms with Gasteiger partial charge in [0.05, 0.1) is 0 Å². The number of terminal acetylenes is 1. The van der Waals surface area contributed by atoms with Gasteiger partial charge in [0.2, 0.25) is 0 Å². The first-order chi connectivity index (χ1) is 6.89. The highest BCUT2D eigenvalue weighted by Crippen LogP contribution is 2.55. The summed E-state index contributed by atoms with van der Waals surface area (Å²) in [7, 11) is 0. The van der Waals surface area contributed by atoms with E-state index in [1.165, 1.54) is 0 Å². The molecule has 2 fully saturated rings. The Kier molecular flexibility index (Phi) is 2.01. The number of ether oxygens (including phenoxy) is 1. The maximum atomic E-state index is 11.9. The summed E-state index contributed by atoms with van der Waals surface area (Å²) in [6, 6.07) is 0. The first-order valence-electron chi connectivity index (χ1n) is 5.37. The lowest BCUT2D eigenvalue weighted by Crippen LogP contribution is -2.42. The van der Waals surface area contributed by atoms with Gasteiger partial charge in [-0.1, -0.05) is 5.92 Å². The number of rotatable bonds is 0. The zero-order valence-electron chi connectivity index (χ0n) is 9.54. The van der Waals surface area contributed by atoms with E-state index < -0.39 is 5.60 Å². The van der Waals surface area contributed by atoms with Gasteiger partial charge in [0.1, 0.15) is 11.1 Å². The molecule has 1 amide bonds. The molecule has 2 unspecified atom stereocenters. The Morgan fingerprint density at radius 3 is 2.73 bits per heavy atom. The molecule has 2 aliphatic rings. The van der Waals surface area contributed by atoms with Crippen molar-refractivity contribution in [2.75, 3.05) is 6.54 Å². The van der Waals surface area contributed by atoms with Gasteiger partial charge < -0.3 is 4.74 Å². The summed E-state index contributed by atoms with van der Waals surface area (Å²) in [5, 5.41) is 0. The lowest BCUT2D eigenvalue weighted by molar-refractivity contribution is 0.0222. The molecule has 0 aromatic rings. The highest BCUT2D eigenvalue weighted by atomic mass is 16.6. The molecule has 0 aromatic heterocycles. The minimum Gasteiger partial charge on any atom is -0.444 e. The fraction of sp³-hybridized carbons (Fsp3) is 0.750. The number of fused-ring (bicyclic) bond motifs is 1. The Bertz CT molecular complexity index is 337. The first-order valence-corrected chi connectivity index (χ1v) is 5.37. The predicted molar refractivity (Wildman–Crippen MR) is 57.2 cm³/mol. The molecule has 82 valence electrons. The number of carbonyl (C=O) groups excluding carboxylic acids is 1. The summed E-state index contributed by atoms with van der Waals surface area (Å²) in [6.45, 7) is 6.35. The average molecular weight is 207 g/mol. The fourth-order valence-corrected chi connectivity index (χ4v) is 2.30. The Morgan fingerprint density at radius 1 is 1.60 bits per heavy atom. The summed E-state index contributed by atoms with van der Waals surface area (Å²) in [6.07, 6.45) is 7.20. The van der Waals surface area contributed by atoms with Gasteiger partial charge in [0, 0.05) is 6.54 Å². The van der Waals surface area contributed by atoms with Crippen LogP contribution in [0.5, 0.6) is 0 Å². The van der Waals surface area contributed by atoms with E-state index in [9.17, 15) is 4.79 Å². The van der Waals surface area contributed by atoms with E-state index in [4.69, 9.17) is 11.2 Å². The Balaban J connectivity index is 2.07. The second-order valence-corrected chi connectivity index (χ2v) is 5.39. The van der Waals surface area contributed by atoms with Crippen molar-refractivity contribution < 1.29 is 9.53 Å². The van der Waals surface area contributed by atoms with Crippen LogP contribution in [-0.4, -0.2) is 28.7 Å². The van der Waals surface area contributed by atoms with Crippen molar-refractivity contribution in [3.8, 4) is 12.3 Å². The molecule has 0 N–H and O–H groups in total. The van der Waals surface area contributed by atoms with Crippen LogP contribution in [0, 0.1) is 18.3 Å². The molecule has 1 aliphatic heterocycles. The van der Waals surface area contributed by atoms with E-state index in [0.717, 1.165) is 19.4 Å². The van der Waals surface area contributed by atoms with Crippen LogP contribution < -0.4 is 0 Å².